The zero-order chi connectivity index (χ0) is 17.4. The summed E-state index contributed by atoms with van der Waals surface area (Å²) in [7, 11) is 1.70. The maximum Gasteiger partial charge on any atom is 0.320 e. The molecule has 0 unspecified atom stereocenters. The summed E-state index contributed by atoms with van der Waals surface area (Å²) < 4.78 is 10.3. The number of nitrogens with zero attached hydrogens (tertiary/aromatic N) is 1. The largest absolute Gasteiger partial charge is 0.465 e. The summed E-state index contributed by atoms with van der Waals surface area (Å²) in [5.74, 6) is -0.622. The van der Waals surface area contributed by atoms with E-state index in [-0.39, 0.29) is 35.9 Å². The minimum atomic E-state index is -0.311. The lowest BCUT2D eigenvalue weighted by molar-refractivity contribution is -0.148. The predicted molar refractivity (Wildman–Crippen MR) is 87.6 cm³/mol. The van der Waals surface area contributed by atoms with Crippen molar-refractivity contribution >= 4 is 11.9 Å². The van der Waals surface area contributed by atoms with Gasteiger partial charge in [-0.1, -0.05) is 41.5 Å². The lowest BCUT2D eigenvalue weighted by Crippen LogP contribution is -2.33. The molecule has 0 saturated heterocycles. The molecule has 0 aliphatic rings. The Balaban J connectivity index is 3.85. The molecule has 0 aromatic heterocycles. The van der Waals surface area contributed by atoms with Crippen LogP contribution in [-0.2, 0) is 19.1 Å². The fraction of sp³-hybridized carbons (Fsp3) is 0.882. The van der Waals surface area contributed by atoms with E-state index in [4.69, 9.17) is 9.47 Å². The van der Waals surface area contributed by atoms with E-state index in [2.05, 4.69) is 41.5 Å². The number of rotatable bonds is 8. The molecule has 0 fully saturated rings. The normalized spacial score (nSPS) is 12.4. The van der Waals surface area contributed by atoms with Crippen molar-refractivity contribution in [1.29, 1.82) is 0 Å². The molecule has 0 rings (SSSR count). The molecule has 0 aliphatic carbocycles. The monoisotopic (exact) mass is 315 g/mol. The number of likely N-dealkylation sites (N-methyl/N-ethyl adjacent to an activating group) is 1. The van der Waals surface area contributed by atoms with E-state index in [1.54, 1.807) is 11.9 Å². The smallest absolute Gasteiger partial charge is 0.320 e. The van der Waals surface area contributed by atoms with Crippen LogP contribution in [-0.4, -0.2) is 50.2 Å². The van der Waals surface area contributed by atoms with Crippen molar-refractivity contribution in [1.82, 2.24) is 4.90 Å². The molecule has 0 atom stereocenters. The molecule has 0 saturated carbocycles. The quantitative estimate of drug-likeness (QED) is 0.645. The molecule has 0 aromatic rings. The number of carbonyl (C=O) groups is 2. The van der Waals surface area contributed by atoms with Crippen LogP contribution >= 0.6 is 0 Å². The lowest BCUT2D eigenvalue weighted by Gasteiger charge is -2.20. The van der Waals surface area contributed by atoms with Gasteiger partial charge in [0, 0.05) is 0 Å². The highest BCUT2D eigenvalue weighted by Crippen LogP contribution is 2.18. The average Bonchev–Trinajstić information content (AvgIpc) is 2.24. The van der Waals surface area contributed by atoms with Crippen LogP contribution in [0.1, 0.15) is 54.4 Å². The van der Waals surface area contributed by atoms with Gasteiger partial charge >= 0.3 is 11.9 Å². The molecule has 0 aromatic carbocycles. The van der Waals surface area contributed by atoms with E-state index in [0.29, 0.717) is 13.2 Å². The van der Waals surface area contributed by atoms with Gasteiger partial charge in [-0.25, -0.2) is 0 Å². The van der Waals surface area contributed by atoms with Crippen molar-refractivity contribution < 1.29 is 19.1 Å². The zero-order valence-corrected chi connectivity index (χ0v) is 15.3. The second kappa shape index (κ2) is 9.13. The number of hydrogen-bond donors (Lipinski definition) is 0. The van der Waals surface area contributed by atoms with Gasteiger partial charge in [0.05, 0.1) is 26.3 Å². The Morgan fingerprint density at radius 1 is 0.773 bits per heavy atom. The Kier molecular flexibility index (Phi) is 8.68. The molecule has 5 nitrogen and oxygen atoms in total. The van der Waals surface area contributed by atoms with E-state index in [9.17, 15) is 9.59 Å². The first-order valence-electron chi connectivity index (χ1n) is 7.89. The van der Waals surface area contributed by atoms with Crippen LogP contribution in [0, 0.1) is 10.8 Å². The second-order valence-electron chi connectivity index (χ2n) is 8.23. The summed E-state index contributed by atoms with van der Waals surface area (Å²) in [6.45, 7) is 13.6. The zero-order valence-electron chi connectivity index (χ0n) is 15.3. The Morgan fingerprint density at radius 3 is 1.36 bits per heavy atom. The maximum atomic E-state index is 11.7. The summed E-state index contributed by atoms with van der Waals surface area (Å²) in [5, 5.41) is 0. The predicted octanol–water partition coefficient (Wildman–Crippen LogP) is 2.88. The highest BCUT2D eigenvalue weighted by molar-refractivity contribution is 5.74. The van der Waals surface area contributed by atoms with E-state index in [1.165, 1.54) is 0 Å². The molecule has 0 radical (unpaired) electrons. The molecular weight excluding hydrogens is 282 g/mol. The first-order valence-corrected chi connectivity index (χ1v) is 7.89. The van der Waals surface area contributed by atoms with Crippen LogP contribution in [0.3, 0.4) is 0 Å². The van der Waals surface area contributed by atoms with Gasteiger partial charge in [0.1, 0.15) is 0 Å². The number of esters is 2. The number of ether oxygens (including phenoxy) is 2. The summed E-state index contributed by atoms with van der Waals surface area (Å²) in [6, 6.07) is 0. The third-order valence-corrected chi connectivity index (χ3v) is 3.03. The van der Waals surface area contributed by atoms with Gasteiger partial charge in [-0.3, -0.25) is 14.5 Å². The maximum absolute atomic E-state index is 11.7. The third-order valence-electron chi connectivity index (χ3n) is 3.03. The minimum Gasteiger partial charge on any atom is -0.465 e. The van der Waals surface area contributed by atoms with Gasteiger partial charge in [0.2, 0.25) is 0 Å². The standard InChI is InChI=1S/C17H33NO4/c1-16(2,3)8-10-21-14(19)12-18(7)13-15(20)22-11-9-17(4,5)6/h8-13H2,1-7H3. The minimum absolute atomic E-state index is 0.0957. The van der Waals surface area contributed by atoms with E-state index >= 15 is 0 Å². The van der Waals surface area contributed by atoms with E-state index in [1.807, 2.05) is 0 Å². The first-order chi connectivity index (χ1) is 9.89. The summed E-state index contributed by atoms with van der Waals surface area (Å²) >= 11 is 0. The first kappa shape index (κ1) is 20.9. The van der Waals surface area contributed by atoms with Crippen molar-refractivity contribution in [2.24, 2.45) is 10.8 Å². The van der Waals surface area contributed by atoms with Gasteiger partial charge in [0.15, 0.2) is 0 Å². The molecular formula is C17H33NO4. The van der Waals surface area contributed by atoms with Crippen LogP contribution in [0.25, 0.3) is 0 Å². The molecule has 22 heavy (non-hydrogen) atoms. The molecule has 0 N–H and O–H groups in total. The van der Waals surface area contributed by atoms with Crippen molar-refractivity contribution in [3.05, 3.63) is 0 Å². The van der Waals surface area contributed by atoms with Crippen molar-refractivity contribution in [2.75, 3.05) is 33.4 Å². The Bertz CT molecular complexity index is 319. The van der Waals surface area contributed by atoms with Crippen LogP contribution in [0.5, 0.6) is 0 Å². The van der Waals surface area contributed by atoms with Crippen molar-refractivity contribution in [3.8, 4) is 0 Å². The van der Waals surface area contributed by atoms with Crippen LogP contribution in [0.2, 0.25) is 0 Å². The summed E-state index contributed by atoms with van der Waals surface area (Å²) in [5.41, 5.74) is 0.284. The highest BCUT2D eigenvalue weighted by Gasteiger charge is 2.16. The van der Waals surface area contributed by atoms with Crippen LogP contribution < -0.4 is 0 Å². The molecule has 0 amide bonds. The Hall–Kier alpha value is -1.10. The topological polar surface area (TPSA) is 55.8 Å². The molecule has 0 bridgehead atoms. The molecule has 0 spiro atoms. The average molecular weight is 315 g/mol. The Morgan fingerprint density at radius 2 is 1.09 bits per heavy atom. The van der Waals surface area contributed by atoms with Crippen LogP contribution in [0.15, 0.2) is 0 Å². The van der Waals surface area contributed by atoms with Crippen LogP contribution in [0.4, 0.5) is 0 Å². The summed E-state index contributed by atoms with van der Waals surface area (Å²) in [6.07, 6.45) is 1.63. The molecule has 5 heteroatoms. The SMILES string of the molecule is CN(CC(=O)OCCC(C)(C)C)CC(=O)OCCC(C)(C)C. The number of carbonyl (C=O) groups excluding carboxylic acids is 2. The fourth-order valence-electron chi connectivity index (χ4n) is 1.53. The molecule has 130 valence electrons. The molecule has 0 heterocycles. The Labute approximate surface area is 135 Å². The van der Waals surface area contributed by atoms with Gasteiger partial charge < -0.3 is 9.47 Å². The van der Waals surface area contributed by atoms with Crippen molar-refractivity contribution in [2.45, 2.75) is 54.4 Å². The van der Waals surface area contributed by atoms with E-state index < -0.39 is 0 Å². The molecule has 0 aliphatic heterocycles. The van der Waals surface area contributed by atoms with Gasteiger partial charge in [-0.15, -0.1) is 0 Å². The number of hydrogen-bond acceptors (Lipinski definition) is 5. The van der Waals surface area contributed by atoms with Gasteiger partial charge in [0.25, 0.3) is 0 Å². The third kappa shape index (κ3) is 13.9. The highest BCUT2D eigenvalue weighted by atomic mass is 16.5. The second-order valence-corrected chi connectivity index (χ2v) is 8.23. The van der Waals surface area contributed by atoms with Gasteiger partial charge in [-0.05, 0) is 30.7 Å². The summed E-state index contributed by atoms with van der Waals surface area (Å²) in [4.78, 5) is 24.9. The van der Waals surface area contributed by atoms with Gasteiger partial charge in [-0.2, -0.15) is 0 Å². The van der Waals surface area contributed by atoms with E-state index in [0.717, 1.165) is 12.8 Å². The lowest BCUT2D eigenvalue weighted by atomic mass is 9.93. The fourth-order valence-corrected chi connectivity index (χ4v) is 1.53. The van der Waals surface area contributed by atoms with Crippen molar-refractivity contribution in [3.63, 3.8) is 0 Å².